The Morgan fingerprint density at radius 3 is 2.71 bits per heavy atom. The third kappa shape index (κ3) is 2.75. The van der Waals surface area contributed by atoms with Crippen LogP contribution in [0.5, 0.6) is 0 Å². The van der Waals surface area contributed by atoms with Crippen molar-refractivity contribution >= 4 is 16.9 Å². The van der Waals surface area contributed by atoms with Crippen LogP contribution in [0.4, 0.5) is 4.39 Å². The second kappa shape index (κ2) is 7.21. The van der Waals surface area contributed by atoms with Crippen molar-refractivity contribution in [3.63, 3.8) is 0 Å². The molecule has 0 saturated heterocycles. The van der Waals surface area contributed by atoms with Crippen LogP contribution >= 0.6 is 0 Å². The van der Waals surface area contributed by atoms with Crippen molar-refractivity contribution in [3.8, 4) is 11.4 Å². The summed E-state index contributed by atoms with van der Waals surface area (Å²) in [6.07, 6.45) is 2.03. The molecule has 1 aromatic carbocycles. The van der Waals surface area contributed by atoms with E-state index in [2.05, 4.69) is 6.92 Å². The second-order valence-corrected chi connectivity index (χ2v) is 10.3. The molecule has 2 aliphatic heterocycles. The Morgan fingerprint density at radius 2 is 2.00 bits per heavy atom. The van der Waals surface area contributed by atoms with Gasteiger partial charge in [-0.1, -0.05) is 13.8 Å². The Balaban J connectivity index is 1.71. The lowest BCUT2D eigenvalue weighted by atomic mass is 9.67. The summed E-state index contributed by atoms with van der Waals surface area (Å²) in [4.78, 5) is 30.9. The fourth-order valence-electron chi connectivity index (χ4n) is 6.39. The molecular formula is C27H27FN2O5. The first kappa shape index (κ1) is 22.4. The third-order valence-electron chi connectivity index (χ3n) is 8.50. The number of halogens is 1. The van der Waals surface area contributed by atoms with Gasteiger partial charge in [0.15, 0.2) is 5.60 Å². The highest BCUT2D eigenvalue weighted by atomic mass is 19.1. The maximum atomic E-state index is 14.9. The smallest absolute Gasteiger partial charge is 0.343 e. The van der Waals surface area contributed by atoms with E-state index in [1.807, 2.05) is 0 Å². The van der Waals surface area contributed by atoms with Crippen molar-refractivity contribution in [2.45, 2.75) is 70.6 Å². The molecule has 0 amide bonds. The fraction of sp³-hybridized carbons (Fsp3) is 0.444. The van der Waals surface area contributed by atoms with Gasteiger partial charge in [-0.15, -0.1) is 0 Å². The van der Waals surface area contributed by atoms with E-state index in [1.165, 1.54) is 6.07 Å². The van der Waals surface area contributed by atoms with Gasteiger partial charge in [-0.25, -0.2) is 14.2 Å². The number of aliphatic hydroxyl groups is 2. The maximum Gasteiger partial charge on any atom is 0.343 e. The summed E-state index contributed by atoms with van der Waals surface area (Å²) in [7, 11) is 0. The number of ether oxygens (including phenoxy) is 1. The summed E-state index contributed by atoms with van der Waals surface area (Å²) >= 11 is 0. The van der Waals surface area contributed by atoms with Gasteiger partial charge in [-0.3, -0.25) is 4.79 Å². The van der Waals surface area contributed by atoms with Crippen LogP contribution in [-0.2, 0) is 40.1 Å². The minimum atomic E-state index is -1.90. The Labute approximate surface area is 201 Å². The van der Waals surface area contributed by atoms with Gasteiger partial charge >= 0.3 is 5.97 Å². The molecule has 2 aromatic heterocycles. The summed E-state index contributed by atoms with van der Waals surface area (Å²) < 4.78 is 21.7. The number of aromatic nitrogens is 2. The fourth-order valence-corrected chi connectivity index (χ4v) is 6.39. The van der Waals surface area contributed by atoms with Crippen molar-refractivity contribution < 1.29 is 24.1 Å². The Kier molecular flexibility index (Phi) is 4.61. The van der Waals surface area contributed by atoms with E-state index in [0.29, 0.717) is 35.3 Å². The molecule has 6 rings (SSSR count). The molecule has 35 heavy (non-hydrogen) atoms. The standard InChI is InChI=1S/C27H27FN2O5/c1-4-27(34)17-9-20-23-15(11-30(20)24(32)16(17)12-35-25(27)33)22-21-14(5-6-26(22,3)7-8-31)13(2)18(28)10-19(21)29-23/h9-10,31,34H,4-8,11-12H2,1-3H3/t26?,27-/m0/s1. The summed E-state index contributed by atoms with van der Waals surface area (Å²) in [6, 6.07) is 3.12. The van der Waals surface area contributed by atoms with Crippen LogP contribution in [0.25, 0.3) is 22.3 Å². The van der Waals surface area contributed by atoms with Crippen molar-refractivity contribution in [2.24, 2.45) is 0 Å². The average molecular weight is 479 g/mol. The maximum absolute atomic E-state index is 14.9. The molecule has 2 atom stereocenters. The Bertz CT molecular complexity index is 1530. The molecule has 4 heterocycles. The molecule has 1 unspecified atom stereocenters. The first-order valence-corrected chi connectivity index (χ1v) is 12.1. The predicted molar refractivity (Wildman–Crippen MR) is 127 cm³/mol. The van der Waals surface area contributed by atoms with Crippen LogP contribution in [0, 0.1) is 12.7 Å². The number of cyclic esters (lactones) is 1. The van der Waals surface area contributed by atoms with Gasteiger partial charge in [0.2, 0.25) is 0 Å². The zero-order valence-corrected chi connectivity index (χ0v) is 20.0. The highest BCUT2D eigenvalue weighted by molar-refractivity contribution is 5.93. The highest BCUT2D eigenvalue weighted by Crippen LogP contribution is 2.49. The second-order valence-electron chi connectivity index (χ2n) is 10.3. The third-order valence-corrected chi connectivity index (χ3v) is 8.50. The molecular weight excluding hydrogens is 451 g/mol. The molecule has 1 aliphatic carbocycles. The van der Waals surface area contributed by atoms with Crippen LogP contribution in [0.2, 0.25) is 0 Å². The summed E-state index contributed by atoms with van der Waals surface area (Å²) in [5.74, 6) is -1.09. The zero-order chi connectivity index (χ0) is 24.9. The predicted octanol–water partition coefficient (Wildman–Crippen LogP) is 3.11. The van der Waals surface area contributed by atoms with Crippen molar-refractivity contribution in [1.82, 2.24) is 9.55 Å². The highest BCUT2D eigenvalue weighted by Gasteiger charge is 2.46. The molecule has 3 aromatic rings. The lowest BCUT2D eigenvalue weighted by Gasteiger charge is -2.37. The van der Waals surface area contributed by atoms with E-state index in [-0.39, 0.29) is 54.1 Å². The topological polar surface area (TPSA) is 102 Å². The minimum Gasteiger partial charge on any atom is -0.458 e. The Hall–Kier alpha value is -3.10. The molecule has 8 heteroatoms. The number of aryl methyl sites for hydroxylation is 1. The summed E-state index contributed by atoms with van der Waals surface area (Å²) in [5.41, 5.74) is 2.94. The quantitative estimate of drug-likeness (QED) is 0.439. The molecule has 2 N–H and O–H groups in total. The van der Waals surface area contributed by atoms with Gasteiger partial charge in [-0.2, -0.15) is 0 Å². The van der Waals surface area contributed by atoms with Gasteiger partial charge in [0.25, 0.3) is 5.56 Å². The first-order valence-electron chi connectivity index (χ1n) is 12.1. The van der Waals surface area contributed by atoms with E-state index in [9.17, 15) is 24.2 Å². The summed E-state index contributed by atoms with van der Waals surface area (Å²) in [5, 5.41) is 21.9. The van der Waals surface area contributed by atoms with Crippen molar-refractivity contribution in [2.75, 3.05) is 6.61 Å². The van der Waals surface area contributed by atoms with Crippen LogP contribution < -0.4 is 5.56 Å². The monoisotopic (exact) mass is 478 g/mol. The number of hydrogen-bond acceptors (Lipinski definition) is 6. The number of rotatable bonds is 3. The number of carbonyl (C=O) groups is 1. The number of esters is 1. The van der Waals surface area contributed by atoms with Crippen molar-refractivity contribution in [3.05, 3.63) is 61.7 Å². The van der Waals surface area contributed by atoms with Gasteiger partial charge in [0, 0.05) is 29.2 Å². The number of hydrogen-bond donors (Lipinski definition) is 2. The van der Waals surface area contributed by atoms with Crippen LogP contribution in [0.3, 0.4) is 0 Å². The molecule has 0 spiro atoms. The van der Waals surface area contributed by atoms with Crippen LogP contribution in [0.1, 0.15) is 66.5 Å². The van der Waals surface area contributed by atoms with E-state index in [1.54, 1.807) is 24.5 Å². The molecule has 0 fully saturated rings. The SMILES string of the molecule is CC[C@@]1(O)C(=O)OCc2c1cc1n(c2=O)Cc2c-1nc1cc(F)c(C)c3c1c2C(C)(CCO)CC3. The molecule has 3 aliphatic rings. The van der Waals surface area contributed by atoms with Gasteiger partial charge in [-0.05, 0) is 60.8 Å². The molecule has 0 bridgehead atoms. The van der Waals surface area contributed by atoms with E-state index in [4.69, 9.17) is 9.72 Å². The number of fused-ring (bicyclic) bond motifs is 5. The minimum absolute atomic E-state index is 0.00871. The summed E-state index contributed by atoms with van der Waals surface area (Å²) in [6.45, 7) is 5.66. The molecule has 7 nitrogen and oxygen atoms in total. The van der Waals surface area contributed by atoms with E-state index < -0.39 is 11.6 Å². The lowest BCUT2D eigenvalue weighted by Crippen LogP contribution is -2.44. The molecule has 0 radical (unpaired) electrons. The first-order chi connectivity index (χ1) is 16.6. The van der Waals surface area contributed by atoms with Gasteiger partial charge < -0.3 is 19.5 Å². The van der Waals surface area contributed by atoms with E-state index in [0.717, 1.165) is 28.5 Å². The largest absolute Gasteiger partial charge is 0.458 e. The average Bonchev–Trinajstić information content (AvgIpc) is 3.19. The normalized spacial score (nSPS) is 24.2. The molecule has 182 valence electrons. The molecule has 0 saturated carbocycles. The number of aliphatic hydroxyl groups excluding tert-OH is 1. The number of benzene rings is 1. The van der Waals surface area contributed by atoms with Crippen molar-refractivity contribution in [1.29, 1.82) is 0 Å². The lowest BCUT2D eigenvalue weighted by molar-refractivity contribution is -0.172. The van der Waals surface area contributed by atoms with Gasteiger partial charge in [0.05, 0.1) is 29.0 Å². The number of nitrogens with zero attached hydrogens (tertiary/aromatic N) is 2. The van der Waals surface area contributed by atoms with Gasteiger partial charge in [0.1, 0.15) is 12.4 Å². The van der Waals surface area contributed by atoms with Crippen LogP contribution in [-0.4, -0.2) is 32.3 Å². The number of pyridine rings is 2. The zero-order valence-electron chi connectivity index (χ0n) is 20.0. The number of carbonyl (C=O) groups excluding carboxylic acids is 1. The Morgan fingerprint density at radius 1 is 1.23 bits per heavy atom. The van der Waals surface area contributed by atoms with E-state index >= 15 is 0 Å². The van der Waals surface area contributed by atoms with Crippen LogP contribution in [0.15, 0.2) is 16.9 Å².